The lowest BCUT2D eigenvalue weighted by Gasteiger charge is -2.31. The van der Waals surface area contributed by atoms with Gasteiger partial charge >= 0.3 is 10.4 Å². The highest BCUT2D eigenvalue weighted by atomic mass is 32.3. The largest absolute Gasteiger partial charge is 0.397 e. The van der Waals surface area contributed by atoms with Crippen LogP contribution in [-0.4, -0.2) is 50.3 Å². The maximum absolute atomic E-state index is 11.3. The number of ether oxygens (including phenoxy) is 1. The molecule has 1 unspecified atom stereocenters. The molecule has 1 N–H and O–H groups in total. The maximum Gasteiger partial charge on any atom is 0.397 e. The van der Waals surface area contributed by atoms with E-state index in [1.165, 1.54) is 56.1 Å². The lowest BCUT2D eigenvalue weighted by Crippen LogP contribution is -2.40. The van der Waals surface area contributed by atoms with Crippen LogP contribution in [0.1, 0.15) is 82.8 Å². The second-order valence-electron chi connectivity index (χ2n) is 9.49. The molecule has 0 fully saturated rings. The summed E-state index contributed by atoms with van der Waals surface area (Å²) in [6.07, 6.45) is 11.5. The minimum Gasteiger partial charge on any atom is -0.379 e. The molecule has 1 atom stereocenters. The van der Waals surface area contributed by atoms with Crippen LogP contribution in [0, 0.1) is 5.92 Å². The molecule has 184 valence electrons. The Morgan fingerprint density at radius 1 is 0.969 bits per heavy atom. The normalized spacial score (nSPS) is 15.8. The van der Waals surface area contributed by atoms with Gasteiger partial charge in [-0.2, -0.15) is 8.42 Å². The first-order valence-corrected chi connectivity index (χ1v) is 13.7. The van der Waals surface area contributed by atoms with E-state index in [4.69, 9.17) is 13.5 Å². The van der Waals surface area contributed by atoms with Crippen LogP contribution in [0.5, 0.6) is 0 Å². The maximum atomic E-state index is 11.3. The van der Waals surface area contributed by atoms with Gasteiger partial charge in [0.05, 0.1) is 6.61 Å². The molecule has 1 heterocycles. The lowest BCUT2D eigenvalue weighted by atomic mass is 10.00. The first-order chi connectivity index (χ1) is 15.3. The Labute approximate surface area is 195 Å². The molecular weight excluding hydrogens is 426 g/mol. The van der Waals surface area contributed by atoms with Crippen LogP contribution in [0.4, 0.5) is 0 Å². The molecule has 0 amide bonds. The van der Waals surface area contributed by atoms with Gasteiger partial charge in [0.25, 0.3) is 0 Å². The van der Waals surface area contributed by atoms with Crippen molar-refractivity contribution in [3.05, 3.63) is 35.4 Å². The van der Waals surface area contributed by atoms with Crippen LogP contribution in [0.2, 0.25) is 0 Å². The molecule has 1 aromatic carbocycles. The summed E-state index contributed by atoms with van der Waals surface area (Å²) in [7, 11) is -4.51. The Kier molecular flexibility index (Phi) is 12.8. The van der Waals surface area contributed by atoms with E-state index >= 15 is 0 Å². The van der Waals surface area contributed by atoms with Crippen LogP contribution in [-0.2, 0) is 32.3 Å². The molecule has 7 heteroatoms. The molecule has 0 radical (unpaired) electrons. The zero-order valence-corrected chi connectivity index (χ0v) is 20.8. The highest BCUT2D eigenvalue weighted by molar-refractivity contribution is 7.80. The number of hydrogen-bond donors (Lipinski definition) is 1. The molecule has 2 rings (SSSR count). The van der Waals surface area contributed by atoms with Crippen LogP contribution in [0.3, 0.4) is 0 Å². The summed E-state index contributed by atoms with van der Waals surface area (Å²) in [5, 5.41) is 0. The molecule has 1 aromatic rings. The van der Waals surface area contributed by atoms with E-state index in [-0.39, 0.29) is 6.61 Å². The molecule has 0 spiro atoms. The Morgan fingerprint density at radius 3 is 2.25 bits per heavy atom. The molecule has 32 heavy (non-hydrogen) atoms. The number of rotatable bonds is 17. The van der Waals surface area contributed by atoms with Crippen molar-refractivity contribution in [1.82, 2.24) is 4.90 Å². The van der Waals surface area contributed by atoms with Gasteiger partial charge in [0.2, 0.25) is 0 Å². The molecule has 1 aliphatic rings. The fraction of sp³-hybridized carbons (Fsp3) is 0.760. The summed E-state index contributed by atoms with van der Waals surface area (Å²) in [5.74, 6) is 0.814. The molecule has 0 saturated heterocycles. The first kappa shape index (κ1) is 27.3. The van der Waals surface area contributed by atoms with Crippen molar-refractivity contribution in [2.24, 2.45) is 5.92 Å². The Morgan fingerprint density at radius 2 is 1.59 bits per heavy atom. The summed E-state index contributed by atoms with van der Waals surface area (Å²) < 4.78 is 42.3. The van der Waals surface area contributed by atoms with E-state index in [2.05, 4.69) is 30.9 Å². The van der Waals surface area contributed by atoms with Crippen molar-refractivity contribution in [3.63, 3.8) is 0 Å². The Balaban J connectivity index is 1.58. The molecule has 1 aliphatic heterocycles. The van der Waals surface area contributed by atoms with Gasteiger partial charge in [-0.05, 0) is 29.9 Å². The number of nitrogens with zero attached hydrogens (tertiary/aromatic N) is 1. The minimum absolute atomic E-state index is 0.161. The van der Waals surface area contributed by atoms with Crippen LogP contribution in [0.15, 0.2) is 24.3 Å². The van der Waals surface area contributed by atoms with E-state index < -0.39 is 16.5 Å². The third-order valence-corrected chi connectivity index (χ3v) is 6.57. The topological polar surface area (TPSA) is 76.1 Å². The Hall–Kier alpha value is -0.990. The highest BCUT2D eigenvalue weighted by Gasteiger charge is 2.23. The predicted octanol–water partition coefficient (Wildman–Crippen LogP) is 5.42. The second-order valence-corrected chi connectivity index (χ2v) is 10.5. The average molecular weight is 470 g/mol. The SMILES string of the molecule is CC(C)CCCCCCCCCCOCC(CN1CCc2ccccc2C1)OS(=O)(=O)O. The molecule has 0 aromatic heterocycles. The van der Waals surface area contributed by atoms with Crippen molar-refractivity contribution < 1.29 is 21.9 Å². The van der Waals surface area contributed by atoms with Gasteiger partial charge in [-0.3, -0.25) is 9.45 Å². The number of fused-ring (bicyclic) bond motifs is 1. The van der Waals surface area contributed by atoms with Gasteiger partial charge in [0.15, 0.2) is 0 Å². The van der Waals surface area contributed by atoms with E-state index in [0.29, 0.717) is 13.2 Å². The van der Waals surface area contributed by atoms with Crippen molar-refractivity contribution in [2.45, 2.75) is 90.7 Å². The van der Waals surface area contributed by atoms with Gasteiger partial charge in [-0.1, -0.05) is 89.5 Å². The number of benzene rings is 1. The summed E-state index contributed by atoms with van der Waals surface area (Å²) in [6, 6.07) is 8.29. The number of hydrogen-bond acceptors (Lipinski definition) is 5. The van der Waals surface area contributed by atoms with Crippen molar-refractivity contribution in [1.29, 1.82) is 0 Å². The fourth-order valence-corrected chi connectivity index (χ4v) is 4.77. The molecular formula is C25H43NO5S. The summed E-state index contributed by atoms with van der Waals surface area (Å²) in [6.45, 7) is 7.30. The number of unbranched alkanes of at least 4 members (excludes halogenated alkanes) is 7. The summed E-state index contributed by atoms with van der Waals surface area (Å²) >= 11 is 0. The van der Waals surface area contributed by atoms with Gasteiger partial charge in [0, 0.05) is 26.2 Å². The standard InChI is InChI=1S/C25H43NO5S/c1-22(2)13-9-7-5-3-4-6-8-12-18-30-21-25(31-32(27,28)29)20-26-17-16-23-14-10-11-15-24(23)19-26/h10-11,14-15,22,25H,3-9,12-13,16-21H2,1-2H3,(H,27,28,29). The van der Waals surface area contributed by atoms with Crippen LogP contribution >= 0.6 is 0 Å². The molecule has 0 aliphatic carbocycles. The predicted molar refractivity (Wildman–Crippen MR) is 129 cm³/mol. The van der Waals surface area contributed by atoms with Crippen molar-refractivity contribution in [2.75, 3.05) is 26.3 Å². The lowest BCUT2D eigenvalue weighted by molar-refractivity contribution is 0.0240. The van der Waals surface area contributed by atoms with E-state index in [9.17, 15) is 8.42 Å². The van der Waals surface area contributed by atoms with E-state index in [1.54, 1.807) is 0 Å². The quantitative estimate of drug-likeness (QED) is 0.243. The zero-order chi connectivity index (χ0) is 23.2. The minimum atomic E-state index is -4.51. The van der Waals surface area contributed by atoms with Crippen LogP contribution < -0.4 is 0 Å². The zero-order valence-electron chi connectivity index (χ0n) is 20.0. The summed E-state index contributed by atoms with van der Waals surface area (Å²) in [5.41, 5.74) is 2.59. The van der Waals surface area contributed by atoms with E-state index in [1.807, 2.05) is 12.1 Å². The van der Waals surface area contributed by atoms with Gasteiger partial charge in [0.1, 0.15) is 6.10 Å². The second kappa shape index (κ2) is 15.0. The third-order valence-electron chi connectivity index (χ3n) is 6.05. The van der Waals surface area contributed by atoms with Crippen LogP contribution in [0.25, 0.3) is 0 Å². The van der Waals surface area contributed by atoms with Crippen molar-refractivity contribution in [3.8, 4) is 0 Å². The van der Waals surface area contributed by atoms with E-state index in [0.717, 1.165) is 38.3 Å². The van der Waals surface area contributed by atoms with Gasteiger partial charge in [-0.15, -0.1) is 0 Å². The van der Waals surface area contributed by atoms with Gasteiger partial charge < -0.3 is 4.74 Å². The third kappa shape index (κ3) is 12.3. The highest BCUT2D eigenvalue weighted by Crippen LogP contribution is 2.19. The smallest absolute Gasteiger partial charge is 0.379 e. The van der Waals surface area contributed by atoms with Gasteiger partial charge in [-0.25, -0.2) is 4.18 Å². The molecule has 0 saturated carbocycles. The summed E-state index contributed by atoms with van der Waals surface area (Å²) in [4.78, 5) is 2.16. The Bertz CT molecular complexity index is 738. The monoisotopic (exact) mass is 469 g/mol. The van der Waals surface area contributed by atoms with Crippen molar-refractivity contribution >= 4 is 10.4 Å². The first-order valence-electron chi connectivity index (χ1n) is 12.4. The molecule has 6 nitrogen and oxygen atoms in total. The fourth-order valence-electron chi connectivity index (χ4n) is 4.31. The molecule has 0 bridgehead atoms. The average Bonchev–Trinajstić information content (AvgIpc) is 2.73.